The first kappa shape index (κ1) is 18.5. The maximum Gasteiger partial charge on any atom is 0.416 e. The number of hydrogen-bond acceptors (Lipinski definition) is 3. The van der Waals surface area contributed by atoms with Gasteiger partial charge in [0.25, 0.3) is 0 Å². The number of benzene rings is 3. The van der Waals surface area contributed by atoms with Crippen LogP contribution in [0.2, 0.25) is 0 Å². The Morgan fingerprint density at radius 3 is 2.22 bits per heavy atom. The number of ether oxygens (including phenoxy) is 1. The summed E-state index contributed by atoms with van der Waals surface area (Å²) in [6.07, 6.45) is -2.78. The Labute approximate surface area is 155 Å². The van der Waals surface area contributed by atoms with Crippen LogP contribution in [0.4, 0.5) is 18.9 Å². The van der Waals surface area contributed by atoms with Crippen LogP contribution < -0.4 is 10.2 Å². The smallest absolute Gasteiger partial charge is 0.416 e. The van der Waals surface area contributed by atoms with Gasteiger partial charge in [0, 0.05) is 5.56 Å². The fourth-order valence-corrected chi connectivity index (χ4v) is 2.36. The lowest BCUT2D eigenvalue weighted by atomic mass is 10.2. The Bertz CT molecular complexity index is 891. The van der Waals surface area contributed by atoms with E-state index in [9.17, 15) is 13.2 Å². The first-order chi connectivity index (χ1) is 13.0. The average Bonchev–Trinajstić information content (AvgIpc) is 2.68. The molecule has 3 rings (SSSR count). The molecule has 0 atom stereocenters. The Balaban J connectivity index is 1.63. The molecule has 0 unspecified atom stereocenters. The van der Waals surface area contributed by atoms with Crippen molar-refractivity contribution < 1.29 is 17.9 Å². The van der Waals surface area contributed by atoms with E-state index < -0.39 is 11.7 Å². The standard InChI is InChI=1S/C21H17F3N2O/c22-21(23,24)18-10-12-19(13-11-18)26-25-14-17-8-4-5-9-20(17)27-15-16-6-2-1-3-7-16/h1-14,26H,15H2. The molecule has 138 valence electrons. The van der Waals surface area contributed by atoms with Crippen LogP contribution in [0, 0.1) is 0 Å². The topological polar surface area (TPSA) is 33.6 Å². The van der Waals surface area contributed by atoms with Crippen molar-refractivity contribution in [2.45, 2.75) is 12.8 Å². The number of anilines is 1. The van der Waals surface area contributed by atoms with Gasteiger partial charge in [0.05, 0.1) is 17.5 Å². The second kappa shape index (κ2) is 8.40. The maximum atomic E-state index is 12.6. The number of para-hydroxylation sites is 1. The molecule has 27 heavy (non-hydrogen) atoms. The number of hydrazone groups is 1. The van der Waals surface area contributed by atoms with Crippen LogP contribution in [0.25, 0.3) is 0 Å². The lowest BCUT2D eigenvalue weighted by molar-refractivity contribution is -0.137. The third-order valence-corrected chi connectivity index (χ3v) is 3.77. The van der Waals surface area contributed by atoms with Crippen molar-refractivity contribution >= 4 is 11.9 Å². The molecule has 0 saturated heterocycles. The molecule has 3 aromatic carbocycles. The first-order valence-electron chi connectivity index (χ1n) is 8.24. The third-order valence-electron chi connectivity index (χ3n) is 3.77. The predicted molar refractivity (Wildman–Crippen MR) is 99.9 cm³/mol. The van der Waals surface area contributed by atoms with Crippen LogP contribution in [0.5, 0.6) is 5.75 Å². The normalized spacial score (nSPS) is 11.5. The summed E-state index contributed by atoms with van der Waals surface area (Å²) in [5.74, 6) is 0.666. The van der Waals surface area contributed by atoms with Gasteiger partial charge in [-0.3, -0.25) is 5.43 Å². The molecule has 6 heteroatoms. The molecule has 0 saturated carbocycles. The minimum absolute atomic E-state index is 0.429. The number of nitrogens with zero attached hydrogens (tertiary/aromatic N) is 1. The molecule has 0 fully saturated rings. The van der Waals surface area contributed by atoms with Crippen molar-refractivity contribution in [3.8, 4) is 5.75 Å². The van der Waals surface area contributed by atoms with Crippen LogP contribution in [-0.2, 0) is 12.8 Å². The minimum Gasteiger partial charge on any atom is -0.488 e. The molecule has 0 aliphatic heterocycles. The van der Waals surface area contributed by atoms with E-state index in [1.807, 2.05) is 54.6 Å². The molecule has 3 nitrogen and oxygen atoms in total. The summed E-state index contributed by atoms with van der Waals surface area (Å²) in [6, 6.07) is 21.9. The fraction of sp³-hybridized carbons (Fsp3) is 0.0952. The molecule has 0 spiro atoms. The van der Waals surface area contributed by atoms with Gasteiger partial charge in [0.2, 0.25) is 0 Å². The van der Waals surface area contributed by atoms with Crippen LogP contribution in [0.1, 0.15) is 16.7 Å². The molecule has 1 N–H and O–H groups in total. The van der Waals surface area contributed by atoms with Gasteiger partial charge in [-0.2, -0.15) is 18.3 Å². The summed E-state index contributed by atoms with van der Waals surface area (Å²) in [5, 5.41) is 4.08. The highest BCUT2D eigenvalue weighted by atomic mass is 19.4. The highest BCUT2D eigenvalue weighted by Gasteiger charge is 2.29. The van der Waals surface area contributed by atoms with Crippen molar-refractivity contribution in [2.75, 3.05) is 5.43 Å². The minimum atomic E-state index is -4.35. The summed E-state index contributed by atoms with van der Waals surface area (Å²) >= 11 is 0. The predicted octanol–water partition coefficient (Wildman–Crippen LogP) is 5.73. The van der Waals surface area contributed by atoms with Gasteiger partial charge in [0.15, 0.2) is 0 Å². The lowest BCUT2D eigenvalue weighted by Gasteiger charge is -2.09. The maximum absolute atomic E-state index is 12.6. The monoisotopic (exact) mass is 370 g/mol. The fourth-order valence-electron chi connectivity index (χ4n) is 2.36. The van der Waals surface area contributed by atoms with Gasteiger partial charge in [-0.05, 0) is 42.0 Å². The molecule has 3 aromatic rings. The number of halogens is 3. The zero-order chi connectivity index (χ0) is 19.1. The Morgan fingerprint density at radius 1 is 0.852 bits per heavy atom. The van der Waals surface area contributed by atoms with Crippen LogP contribution >= 0.6 is 0 Å². The van der Waals surface area contributed by atoms with Gasteiger partial charge >= 0.3 is 6.18 Å². The summed E-state index contributed by atoms with van der Waals surface area (Å²) in [4.78, 5) is 0. The van der Waals surface area contributed by atoms with Gasteiger partial charge in [0.1, 0.15) is 12.4 Å². The van der Waals surface area contributed by atoms with E-state index in [0.29, 0.717) is 18.0 Å². The molecule has 0 aliphatic rings. The quantitative estimate of drug-likeness (QED) is 0.444. The van der Waals surface area contributed by atoms with Crippen LogP contribution in [0.15, 0.2) is 84.0 Å². The average molecular weight is 370 g/mol. The van der Waals surface area contributed by atoms with E-state index in [1.165, 1.54) is 12.1 Å². The number of rotatable bonds is 6. The van der Waals surface area contributed by atoms with Gasteiger partial charge in [-0.15, -0.1) is 0 Å². The van der Waals surface area contributed by atoms with Crippen LogP contribution in [0.3, 0.4) is 0 Å². The van der Waals surface area contributed by atoms with E-state index in [0.717, 1.165) is 23.3 Å². The Hall–Kier alpha value is -3.28. The van der Waals surface area contributed by atoms with Crippen molar-refractivity contribution in [3.63, 3.8) is 0 Å². The summed E-state index contributed by atoms with van der Waals surface area (Å²) < 4.78 is 43.5. The zero-order valence-electron chi connectivity index (χ0n) is 14.3. The van der Waals surface area contributed by atoms with Crippen molar-refractivity contribution in [2.24, 2.45) is 5.10 Å². The Morgan fingerprint density at radius 2 is 1.52 bits per heavy atom. The molecule has 0 radical (unpaired) electrons. The number of nitrogens with one attached hydrogen (secondary N) is 1. The van der Waals surface area contributed by atoms with Gasteiger partial charge in [-0.1, -0.05) is 42.5 Å². The second-order valence-electron chi connectivity index (χ2n) is 5.76. The van der Waals surface area contributed by atoms with Crippen molar-refractivity contribution in [1.29, 1.82) is 0 Å². The second-order valence-corrected chi connectivity index (χ2v) is 5.76. The summed E-state index contributed by atoms with van der Waals surface area (Å²) in [6.45, 7) is 0.429. The van der Waals surface area contributed by atoms with E-state index in [2.05, 4.69) is 10.5 Å². The molecule has 0 amide bonds. The van der Waals surface area contributed by atoms with Crippen LogP contribution in [-0.4, -0.2) is 6.21 Å². The highest BCUT2D eigenvalue weighted by molar-refractivity contribution is 5.84. The largest absolute Gasteiger partial charge is 0.488 e. The highest BCUT2D eigenvalue weighted by Crippen LogP contribution is 2.29. The Kier molecular flexibility index (Phi) is 5.76. The summed E-state index contributed by atoms with van der Waals surface area (Å²) in [5.41, 5.74) is 4.29. The van der Waals surface area contributed by atoms with E-state index in [-0.39, 0.29) is 0 Å². The van der Waals surface area contributed by atoms with Crippen molar-refractivity contribution in [3.05, 3.63) is 95.6 Å². The lowest BCUT2D eigenvalue weighted by Crippen LogP contribution is -2.04. The number of hydrogen-bond donors (Lipinski definition) is 1. The van der Waals surface area contributed by atoms with Crippen molar-refractivity contribution in [1.82, 2.24) is 0 Å². The van der Waals surface area contributed by atoms with Gasteiger partial charge in [-0.25, -0.2) is 0 Å². The van der Waals surface area contributed by atoms with E-state index in [4.69, 9.17) is 4.74 Å². The molecule has 0 aromatic heterocycles. The SMILES string of the molecule is FC(F)(F)c1ccc(NN=Cc2ccccc2OCc2ccccc2)cc1. The van der Waals surface area contributed by atoms with Gasteiger partial charge < -0.3 is 4.74 Å². The summed E-state index contributed by atoms with van der Waals surface area (Å²) in [7, 11) is 0. The van der Waals surface area contributed by atoms with E-state index >= 15 is 0 Å². The third kappa shape index (κ3) is 5.34. The molecule has 0 heterocycles. The zero-order valence-corrected chi connectivity index (χ0v) is 14.3. The number of alkyl halides is 3. The van der Waals surface area contributed by atoms with E-state index in [1.54, 1.807) is 6.21 Å². The molecule has 0 bridgehead atoms. The first-order valence-corrected chi connectivity index (χ1v) is 8.24. The molecular weight excluding hydrogens is 353 g/mol. The molecular formula is C21H17F3N2O. The molecule has 0 aliphatic carbocycles.